The number of methoxy groups -OCH3 is 2. The number of nitrogens with one attached hydrogen (secondary N) is 1. The minimum Gasteiger partial charge on any atom is -0.493 e. The zero-order valence-corrected chi connectivity index (χ0v) is 11.9. The van der Waals surface area contributed by atoms with Gasteiger partial charge in [0.05, 0.1) is 25.1 Å². The summed E-state index contributed by atoms with van der Waals surface area (Å²) in [6, 6.07) is 3.77. The maximum absolute atomic E-state index is 10.4. The van der Waals surface area contributed by atoms with Gasteiger partial charge in [-0.25, -0.2) is 0 Å². The minimum absolute atomic E-state index is 0.106. The second-order valence-corrected chi connectivity index (χ2v) is 4.49. The number of hydrogen-bond acceptors (Lipinski definition) is 4. The molecule has 0 aliphatic rings. The largest absolute Gasteiger partial charge is 0.493 e. The Kier molecular flexibility index (Phi) is 5.94. The van der Waals surface area contributed by atoms with Crippen molar-refractivity contribution in [2.45, 2.75) is 13.0 Å². The first-order valence-electron chi connectivity index (χ1n) is 5.41. The second-order valence-electron chi connectivity index (χ2n) is 3.63. The molecule has 0 fully saturated rings. The Morgan fingerprint density at radius 1 is 1.39 bits per heavy atom. The molecule has 1 rings (SSSR count). The monoisotopic (exact) mass is 317 g/mol. The first kappa shape index (κ1) is 14.8. The molecule has 2 N–H and O–H groups in total. The summed E-state index contributed by atoms with van der Waals surface area (Å²) in [6.07, 6.45) is 0.106. The summed E-state index contributed by atoms with van der Waals surface area (Å²) in [5, 5.41) is 11.6. The highest BCUT2D eigenvalue weighted by molar-refractivity contribution is 9.10. The average molecular weight is 318 g/mol. The molecule has 0 aromatic heterocycles. The van der Waals surface area contributed by atoms with E-state index in [4.69, 9.17) is 14.6 Å². The van der Waals surface area contributed by atoms with Crippen molar-refractivity contribution < 1.29 is 19.4 Å². The fraction of sp³-hybridized carbons (Fsp3) is 0.417. The maximum atomic E-state index is 10.4. The molecule has 6 heteroatoms. The first-order chi connectivity index (χ1) is 8.58. The fourth-order valence-corrected chi connectivity index (χ4v) is 2.15. The molecule has 0 spiro atoms. The number of hydrogen-bond donors (Lipinski definition) is 2. The molecule has 0 radical (unpaired) electrons. The van der Waals surface area contributed by atoms with Gasteiger partial charge in [-0.3, -0.25) is 4.79 Å². The molecule has 1 aromatic carbocycles. The van der Waals surface area contributed by atoms with E-state index in [9.17, 15) is 4.79 Å². The van der Waals surface area contributed by atoms with Gasteiger partial charge in [0.25, 0.3) is 0 Å². The van der Waals surface area contributed by atoms with Gasteiger partial charge in [-0.1, -0.05) is 0 Å². The van der Waals surface area contributed by atoms with E-state index in [1.54, 1.807) is 14.2 Å². The molecule has 0 bridgehead atoms. The van der Waals surface area contributed by atoms with Gasteiger partial charge in [-0.05, 0) is 33.6 Å². The number of ether oxygens (including phenoxy) is 2. The van der Waals surface area contributed by atoms with Crippen molar-refractivity contribution in [3.8, 4) is 11.5 Å². The zero-order chi connectivity index (χ0) is 13.5. The van der Waals surface area contributed by atoms with Crippen molar-refractivity contribution in [1.29, 1.82) is 0 Å². The molecular weight excluding hydrogens is 302 g/mol. The maximum Gasteiger partial charge on any atom is 0.304 e. The lowest BCUT2D eigenvalue weighted by molar-refractivity contribution is -0.136. The summed E-state index contributed by atoms with van der Waals surface area (Å²) >= 11 is 3.40. The van der Waals surface area contributed by atoms with Crippen molar-refractivity contribution in [3.63, 3.8) is 0 Å². The smallest absolute Gasteiger partial charge is 0.304 e. The molecule has 0 heterocycles. The highest BCUT2D eigenvalue weighted by atomic mass is 79.9. The van der Waals surface area contributed by atoms with Crippen LogP contribution in [0.15, 0.2) is 16.6 Å². The van der Waals surface area contributed by atoms with Gasteiger partial charge < -0.3 is 19.9 Å². The molecular formula is C12H16BrNO4. The number of halogens is 1. The standard InChI is InChI=1S/C12H16BrNO4/c1-17-10-6-8(5-9(13)12(10)18-2)7-14-4-3-11(15)16/h5-6,14H,3-4,7H2,1-2H3,(H,15,16). The van der Waals surface area contributed by atoms with E-state index in [2.05, 4.69) is 21.2 Å². The molecule has 100 valence electrons. The zero-order valence-electron chi connectivity index (χ0n) is 10.3. The quantitative estimate of drug-likeness (QED) is 0.753. The van der Waals surface area contributed by atoms with E-state index >= 15 is 0 Å². The number of rotatable bonds is 7. The van der Waals surface area contributed by atoms with Crippen LogP contribution in [0.3, 0.4) is 0 Å². The number of carboxylic acid groups (broad SMARTS) is 1. The summed E-state index contributed by atoms with van der Waals surface area (Å²) in [5.41, 5.74) is 0.991. The molecule has 5 nitrogen and oxygen atoms in total. The van der Waals surface area contributed by atoms with Crippen LogP contribution in [0.1, 0.15) is 12.0 Å². The second kappa shape index (κ2) is 7.23. The van der Waals surface area contributed by atoms with E-state index in [-0.39, 0.29) is 6.42 Å². The van der Waals surface area contributed by atoms with Crippen molar-refractivity contribution in [2.24, 2.45) is 0 Å². The van der Waals surface area contributed by atoms with Crippen LogP contribution in [0, 0.1) is 0 Å². The van der Waals surface area contributed by atoms with Crippen LogP contribution in [-0.2, 0) is 11.3 Å². The Balaban J connectivity index is 2.67. The van der Waals surface area contributed by atoms with Crippen molar-refractivity contribution in [3.05, 3.63) is 22.2 Å². The molecule has 18 heavy (non-hydrogen) atoms. The van der Waals surface area contributed by atoms with Gasteiger partial charge >= 0.3 is 5.97 Å². The highest BCUT2D eigenvalue weighted by Gasteiger charge is 2.10. The van der Waals surface area contributed by atoms with Crippen LogP contribution in [0.2, 0.25) is 0 Å². The van der Waals surface area contributed by atoms with Crippen LogP contribution in [0.4, 0.5) is 0 Å². The predicted octanol–water partition coefficient (Wildman–Crippen LogP) is 2.03. The lowest BCUT2D eigenvalue weighted by Crippen LogP contribution is -2.17. The Hall–Kier alpha value is -1.27. The molecule has 0 amide bonds. The minimum atomic E-state index is -0.809. The Labute approximate surface area is 114 Å². The summed E-state index contributed by atoms with van der Waals surface area (Å²) in [7, 11) is 3.15. The Bertz CT molecular complexity index is 423. The lowest BCUT2D eigenvalue weighted by atomic mass is 10.2. The third kappa shape index (κ3) is 4.19. The number of carboxylic acids is 1. The summed E-state index contributed by atoms with van der Waals surface area (Å²) in [5.74, 6) is 0.477. The topological polar surface area (TPSA) is 67.8 Å². The fourth-order valence-electron chi connectivity index (χ4n) is 1.50. The SMILES string of the molecule is COc1cc(CNCCC(=O)O)cc(Br)c1OC. The third-order valence-corrected chi connectivity index (χ3v) is 2.93. The Morgan fingerprint density at radius 2 is 2.11 bits per heavy atom. The van der Waals surface area contributed by atoms with E-state index < -0.39 is 5.97 Å². The van der Waals surface area contributed by atoms with Crippen LogP contribution in [0.5, 0.6) is 11.5 Å². The molecule has 0 aliphatic carbocycles. The van der Waals surface area contributed by atoms with E-state index in [1.165, 1.54) is 0 Å². The normalized spacial score (nSPS) is 10.2. The van der Waals surface area contributed by atoms with Gasteiger partial charge in [-0.2, -0.15) is 0 Å². The number of aliphatic carboxylic acids is 1. The summed E-state index contributed by atoms with van der Waals surface area (Å²) < 4.78 is 11.2. The van der Waals surface area contributed by atoms with Crippen LogP contribution < -0.4 is 14.8 Å². The van der Waals surface area contributed by atoms with Crippen molar-refractivity contribution >= 4 is 21.9 Å². The van der Waals surface area contributed by atoms with E-state index in [0.717, 1.165) is 10.0 Å². The van der Waals surface area contributed by atoms with Gasteiger partial charge in [0.1, 0.15) is 0 Å². The van der Waals surface area contributed by atoms with Gasteiger partial charge in [0.15, 0.2) is 11.5 Å². The Morgan fingerprint density at radius 3 is 2.67 bits per heavy atom. The number of carbonyl (C=O) groups is 1. The third-order valence-electron chi connectivity index (χ3n) is 2.34. The first-order valence-corrected chi connectivity index (χ1v) is 6.20. The van der Waals surface area contributed by atoms with Crippen LogP contribution in [0.25, 0.3) is 0 Å². The number of benzene rings is 1. The van der Waals surface area contributed by atoms with Gasteiger partial charge in [-0.15, -0.1) is 0 Å². The van der Waals surface area contributed by atoms with Crippen LogP contribution >= 0.6 is 15.9 Å². The predicted molar refractivity (Wildman–Crippen MR) is 71.2 cm³/mol. The average Bonchev–Trinajstić information content (AvgIpc) is 2.33. The van der Waals surface area contributed by atoms with Crippen LogP contribution in [-0.4, -0.2) is 31.8 Å². The van der Waals surface area contributed by atoms with Crippen molar-refractivity contribution in [2.75, 3.05) is 20.8 Å². The lowest BCUT2D eigenvalue weighted by Gasteiger charge is -2.12. The van der Waals surface area contributed by atoms with Crippen molar-refractivity contribution in [1.82, 2.24) is 5.32 Å². The van der Waals surface area contributed by atoms with Gasteiger partial charge in [0.2, 0.25) is 0 Å². The molecule has 0 saturated heterocycles. The van der Waals surface area contributed by atoms with Gasteiger partial charge in [0, 0.05) is 13.1 Å². The summed E-state index contributed by atoms with van der Waals surface area (Å²) in [4.78, 5) is 10.4. The van der Waals surface area contributed by atoms with E-state index in [1.807, 2.05) is 12.1 Å². The molecule has 1 aromatic rings. The highest BCUT2D eigenvalue weighted by Crippen LogP contribution is 2.36. The molecule has 0 atom stereocenters. The summed E-state index contributed by atoms with van der Waals surface area (Å²) in [6.45, 7) is 1.01. The molecule has 0 unspecified atom stereocenters. The van der Waals surface area contributed by atoms with E-state index in [0.29, 0.717) is 24.6 Å². The molecule has 0 aliphatic heterocycles. The molecule has 0 saturated carbocycles.